The highest BCUT2D eigenvalue weighted by Gasteiger charge is 2.14. The number of nitrogens with one attached hydrogen (secondary N) is 2. The Bertz CT molecular complexity index is 1010. The predicted molar refractivity (Wildman–Crippen MR) is 104 cm³/mol. The summed E-state index contributed by atoms with van der Waals surface area (Å²) in [4.78, 5) is 22.2. The molecule has 0 bridgehead atoms. The van der Waals surface area contributed by atoms with Crippen LogP contribution in [0, 0.1) is 18.6 Å². The molecular formula is C18H16Cl2F2N4O. The Morgan fingerprint density at radius 1 is 1.15 bits per heavy atom. The van der Waals surface area contributed by atoms with Gasteiger partial charge in [0.05, 0.1) is 10.6 Å². The monoisotopic (exact) mass is 412 g/mol. The van der Waals surface area contributed by atoms with Crippen LogP contribution in [0.5, 0.6) is 0 Å². The number of halogens is 4. The maximum absolute atomic E-state index is 14.1. The SMILES string of the molecule is Cc1cc(NCCc2cc[nH]c(=O)c2)nc(-c2cc(F)c(Cl)cc2F)n1.Cl. The third kappa shape index (κ3) is 5.24. The minimum atomic E-state index is -0.739. The summed E-state index contributed by atoms with van der Waals surface area (Å²) in [7, 11) is 0. The highest BCUT2D eigenvalue weighted by atomic mass is 35.5. The van der Waals surface area contributed by atoms with E-state index in [1.165, 1.54) is 6.07 Å². The second-order valence-electron chi connectivity index (χ2n) is 5.70. The van der Waals surface area contributed by atoms with E-state index in [-0.39, 0.29) is 34.4 Å². The first-order chi connectivity index (χ1) is 12.4. The van der Waals surface area contributed by atoms with E-state index in [4.69, 9.17) is 11.6 Å². The summed E-state index contributed by atoms with van der Waals surface area (Å²) in [5, 5.41) is 2.81. The fourth-order valence-corrected chi connectivity index (χ4v) is 2.60. The summed E-state index contributed by atoms with van der Waals surface area (Å²) >= 11 is 5.58. The Labute approximate surface area is 165 Å². The van der Waals surface area contributed by atoms with Crippen LogP contribution in [0.25, 0.3) is 11.4 Å². The number of H-pyrrole nitrogens is 1. The van der Waals surface area contributed by atoms with E-state index in [9.17, 15) is 13.6 Å². The molecule has 0 saturated carbocycles. The van der Waals surface area contributed by atoms with Gasteiger partial charge in [0.15, 0.2) is 5.82 Å². The van der Waals surface area contributed by atoms with Crippen LogP contribution < -0.4 is 10.9 Å². The van der Waals surface area contributed by atoms with Crippen LogP contribution >= 0.6 is 24.0 Å². The van der Waals surface area contributed by atoms with Crippen LogP contribution in [0.1, 0.15) is 11.3 Å². The highest BCUT2D eigenvalue weighted by Crippen LogP contribution is 2.26. The van der Waals surface area contributed by atoms with Crippen molar-refractivity contribution in [3.8, 4) is 11.4 Å². The minimum Gasteiger partial charge on any atom is -0.370 e. The van der Waals surface area contributed by atoms with E-state index in [0.29, 0.717) is 24.5 Å². The molecule has 0 fully saturated rings. The van der Waals surface area contributed by atoms with Crippen molar-refractivity contribution in [2.75, 3.05) is 11.9 Å². The van der Waals surface area contributed by atoms with Crippen LogP contribution in [0.15, 0.2) is 41.3 Å². The standard InChI is InChI=1S/C18H15ClF2N4O.ClH/c1-10-6-16(22-4-2-11-3-5-23-17(26)7-11)25-18(24-10)12-8-15(21)13(19)9-14(12)20;/h3,5-9H,2,4H2,1H3,(H,23,26)(H,22,24,25);1H. The molecule has 0 aliphatic rings. The maximum Gasteiger partial charge on any atom is 0.248 e. The number of pyridine rings is 1. The second kappa shape index (κ2) is 8.92. The number of hydrogen-bond donors (Lipinski definition) is 2. The van der Waals surface area contributed by atoms with Gasteiger partial charge in [0.25, 0.3) is 0 Å². The molecule has 0 aliphatic heterocycles. The van der Waals surface area contributed by atoms with Gasteiger partial charge in [-0.2, -0.15) is 0 Å². The molecule has 2 N–H and O–H groups in total. The quantitative estimate of drug-likeness (QED) is 0.617. The Kier molecular flexibility index (Phi) is 6.87. The molecule has 3 rings (SSSR count). The van der Waals surface area contributed by atoms with Crippen molar-refractivity contribution in [1.82, 2.24) is 15.0 Å². The Morgan fingerprint density at radius 2 is 1.93 bits per heavy atom. The number of benzene rings is 1. The molecular weight excluding hydrogens is 397 g/mol. The Balaban J connectivity index is 0.00000261. The molecule has 2 aromatic heterocycles. The molecule has 0 amide bonds. The lowest BCUT2D eigenvalue weighted by Crippen LogP contribution is -2.10. The number of aryl methyl sites for hydroxylation is 1. The number of nitrogens with zero attached hydrogens (tertiary/aromatic N) is 2. The van der Waals surface area contributed by atoms with Gasteiger partial charge in [-0.05, 0) is 37.1 Å². The van der Waals surface area contributed by atoms with Crippen molar-refractivity contribution in [3.05, 3.63) is 74.8 Å². The molecule has 0 spiro atoms. The van der Waals surface area contributed by atoms with E-state index < -0.39 is 11.6 Å². The lowest BCUT2D eigenvalue weighted by atomic mass is 10.2. The highest BCUT2D eigenvalue weighted by molar-refractivity contribution is 6.30. The van der Waals surface area contributed by atoms with Gasteiger partial charge in [0, 0.05) is 30.6 Å². The molecule has 0 saturated heterocycles. The molecule has 0 aliphatic carbocycles. The molecule has 0 unspecified atom stereocenters. The second-order valence-corrected chi connectivity index (χ2v) is 6.11. The van der Waals surface area contributed by atoms with Crippen LogP contribution in [0.4, 0.5) is 14.6 Å². The van der Waals surface area contributed by atoms with Gasteiger partial charge in [-0.15, -0.1) is 12.4 Å². The van der Waals surface area contributed by atoms with E-state index in [0.717, 1.165) is 17.7 Å². The van der Waals surface area contributed by atoms with Gasteiger partial charge in [0.1, 0.15) is 17.5 Å². The minimum absolute atomic E-state index is 0. The Morgan fingerprint density at radius 3 is 2.67 bits per heavy atom. The smallest absolute Gasteiger partial charge is 0.248 e. The number of hydrogen-bond acceptors (Lipinski definition) is 4. The zero-order valence-electron chi connectivity index (χ0n) is 14.2. The Hall–Kier alpha value is -2.51. The fraction of sp³-hybridized carbons (Fsp3) is 0.167. The molecule has 5 nitrogen and oxygen atoms in total. The molecule has 9 heteroatoms. The average Bonchev–Trinajstić information content (AvgIpc) is 2.58. The number of aromatic amines is 1. The van der Waals surface area contributed by atoms with Crippen molar-refractivity contribution >= 4 is 29.8 Å². The number of rotatable bonds is 5. The summed E-state index contributed by atoms with van der Waals surface area (Å²) in [6.07, 6.45) is 2.19. The zero-order chi connectivity index (χ0) is 18.7. The van der Waals surface area contributed by atoms with Crippen LogP contribution in [0.3, 0.4) is 0 Å². The molecule has 27 heavy (non-hydrogen) atoms. The molecule has 3 aromatic rings. The van der Waals surface area contributed by atoms with Crippen molar-refractivity contribution in [3.63, 3.8) is 0 Å². The van der Waals surface area contributed by atoms with Gasteiger partial charge < -0.3 is 10.3 Å². The summed E-state index contributed by atoms with van der Waals surface area (Å²) in [6, 6.07) is 6.91. The first-order valence-corrected chi connectivity index (χ1v) is 8.22. The van der Waals surface area contributed by atoms with Crippen molar-refractivity contribution < 1.29 is 8.78 Å². The van der Waals surface area contributed by atoms with Crippen molar-refractivity contribution in [1.29, 1.82) is 0 Å². The first kappa shape index (κ1) is 20.8. The van der Waals surface area contributed by atoms with Crippen LogP contribution in [0.2, 0.25) is 5.02 Å². The summed E-state index contributed by atoms with van der Waals surface area (Å²) in [6.45, 7) is 2.24. The fourth-order valence-electron chi connectivity index (χ4n) is 2.45. The number of anilines is 1. The molecule has 1 aromatic carbocycles. The maximum atomic E-state index is 14.1. The third-order valence-electron chi connectivity index (χ3n) is 3.66. The molecule has 0 atom stereocenters. The van der Waals surface area contributed by atoms with Crippen molar-refractivity contribution in [2.24, 2.45) is 0 Å². The lowest BCUT2D eigenvalue weighted by molar-refractivity contribution is 0.602. The average molecular weight is 413 g/mol. The van der Waals surface area contributed by atoms with Gasteiger partial charge >= 0.3 is 0 Å². The lowest BCUT2D eigenvalue weighted by Gasteiger charge is -2.10. The van der Waals surface area contributed by atoms with Gasteiger partial charge in [-0.3, -0.25) is 4.79 Å². The van der Waals surface area contributed by atoms with Crippen molar-refractivity contribution in [2.45, 2.75) is 13.3 Å². The third-order valence-corrected chi connectivity index (χ3v) is 3.95. The zero-order valence-corrected chi connectivity index (χ0v) is 15.8. The molecule has 0 radical (unpaired) electrons. The predicted octanol–water partition coefficient (Wildman–Crippen LogP) is 4.15. The van der Waals surface area contributed by atoms with E-state index in [1.807, 2.05) is 6.07 Å². The number of aromatic nitrogens is 3. The van der Waals surface area contributed by atoms with Crippen LogP contribution in [-0.4, -0.2) is 21.5 Å². The van der Waals surface area contributed by atoms with Gasteiger partial charge in [-0.1, -0.05) is 11.6 Å². The topological polar surface area (TPSA) is 70.7 Å². The first-order valence-electron chi connectivity index (χ1n) is 7.84. The summed E-state index contributed by atoms with van der Waals surface area (Å²) < 4.78 is 27.8. The summed E-state index contributed by atoms with van der Waals surface area (Å²) in [5.41, 5.74) is 1.25. The van der Waals surface area contributed by atoms with E-state index in [2.05, 4.69) is 20.3 Å². The normalized spacial score (nSPS) is 10.4. The van der Waals surface area contributed by atoms with Gasteiger partial charge in [0.2, 0.25) is 5.56 Å². The molecule has 142 valence electrons. The van der Waals surface area contributed by atoms with Gasteiger partial charge in [-0.25, -0.2) is 18.7 Å². The van der Waals surface area contributed by atoms with E-state index in [1.54, 1.807) is 19.2 Å². The molecule has 2 heterocycles. The summed E-state index contributed by atoms with van der Waals surface area (Å²) in [5.74, 6) is -0.891. The van der Waals surface area contributed by atoms with E-state index >= 15 is 0 Å². The van der Waals surface area contributed by atoms with Crippen LogP contribution in [-0.2, 0) is 6.42 Å². The largest absolute Gasteiger partial charge is 0.370 e.